The SMILES string of the molecule is CCn1c(SCc2ccccc2F)nnc1C(C)Oc1cc(C)ccc1Cl. The zero-order valence-corrected chi connectivity index (χ0v) is 17.0. The molecule has 1 heterocycles. The predicted molar refractivity (Wildman–Crippen MR) is 107 cm³/mol. The van der Waals surface area contributed by atoms with E-state index in [0.717, 1.165) is 10.7 Å². The largest absolute Gasteiger partial charge is 0.481 e. The number of rotatable bonds is 7. The third kappa shape index (κ3) is 4.62. The molecule has 0 aliphatic carbocycles. The lowest BCUT2D eigenvalue weighted by Gasteiger charge is -2.17. The zero-order chi connectivity index (χ0) is 19.4. The summed E-state index contributed by atoms with van der Waals surface area (Å²) in [5.74, 6) is 1.61. The fourth-order valence-electron chi connectivity index (χ4n) is 2.71. The van der Waals surface area contributed by atoms with Gasteiger partial charge >= 0.3 is 0 Å². The van der Waals surface area contributed by atoms with Crippen LogP contribution in [0.5, 0.6) is 5.75 Å². The Kier molecular flexibility index (Phi) is 6.39. The van der Waals surface area contributed by atoms with Gasteiger partial charge in [-0.2, -0.15) is 0 Å². The molecule has 0 fully saturated rings. The summed E-state index contributed by atoms with van der Waals surface area (Å²) in [6.07, 6.45) is -0.320. The van der Waals surface area contributed by atoms with Crippen molar-refractivity contribution in [3.05, 3.63) is 70.3 Å². The van der Waals surface area contributed by atoms with Gasteiger partial charge in [-0.3, -0.25) is 0 Å². The van der Waals surface area contributed by atoms with Crippen LogP contribution in [0.15, 0.2) is 47.6 Å². The minimum atomic E-state index is -0.320. The van der Waals surface area contributed by atoms with E-state index in [1.807, 2.05) is 49.6 Å². The van der Waals surface area contributed by atoms with Crippen molar-refractivity contribution in [1.82, 2.24) is 14.8 Å². The Morgan fingerprint density at radius 3 is 2.74 bits per heavy atom. The van der Waals surface area contributed by atoms with Crippen molar-refractivity contribution in [2.45, 2.75) is 44.3 Å². The first-order chi connectivity index (χ1) is 13.0. The van der Waals surface area contributed by atoms with Crippen molar-refractivity contribution in [2.24, 2.45) is 0 Å². The van der Waals surface area contributed by atoms with Crippen molar-refractivity contribution in [3.63, 3.8) is 0 Å². The number of nitrogens with zero attached hydrogens (tertiary/aromatic N) is 3. The molecule has 0 saturated carbocycles. The molecule has 0 bridgehead atoms. The highest BCUT2D eigenvalue weighted by atomic mass is 35.5. The van der Waals surface area contributed by atoms with Gasteiger partial charge in [0.15, 0.2) is 17.1 Å². The van der Waals surface area contributed by atoms with Crippen molar-refractivity contribution >= 4 is 23.4 Å². The summed E-state index contributed by atoms with van der Waals surface area (Å²) in [6.45, 7) is 6.61. The molecule has 0 saturated heterocycles. The van der Waals surface area contributed by atoms with Gasteiger partial charge in [0, 0.05) is 12.3 Å². The Bertz CT molecular complexity index is 931. The summed E-state index contributed by atoms with van der Waals surface area (Å²) in [4.78, 5) is 0. The van der Waals surface area contributed by atoms with Crippen LogP contribution >= 0.6 is 23.4 Å². The Labute approximate surface area is 167 Å². The summed E-state index contributed by atoms with van der Waals surface area (Å²) >= 11 is 7.69. The highest BCUT2D eigenvalue weighted by molar-refractivity contribution is 7.98. The molecule has 3 aromatic rings. The van der Waals surface area contributed by atoms with Crippen molar-refractivity contribution in [2.75, 3.05) is 0 Å². The van der Waals surface area contributed by atoms with E-state index in [1.165, 1.54) is 17.8 Å². The van der Waals surface area contributed by atoms with Gasteiger partial charge in [-0.05, 0) is 50.1 Å². The first-order valence-electron chi connectivity index (χ1n) is 8.71. The van der Waals surface area contributed by atoms with Crippen LogP contribution in [-0.4, -0.2) is 14.8 Å². The molecule has 0 aliphatic rings. The van der Waals surface area contributed by atoms with Crippen LogP contribution in [0, 0.1) is 12.7 Å². The number of ether oxygens (including phenoxy) is 1. The number of hydrogen-bond acceptors (Lipinski definition) is 4. The smallest absolute Gasteiger partial charge is 0.191 e. The van der Waals surface area contributed by atoms with Crippen molar-refractivity contribution in [3.8, 4) is 5.75 Å². The van der Waals surface area contributed by atoms with Gasteiger partial charge in [0.25, 0.3) is 0 Å². The van der Waals surface area contributed by atoms with Gasteiger partial charge in [-0.25, -0.2) is 4.39 Å². The summed E-state index contributed by atoms with van der Waals surface area (Å²) < 4.78 is 21.8. The fraction of sp³-hybridized carbons (Fsp3) is 0.300. The van der Waals surface area contributed by atoms with E-state index in [4.69, 9.17) is 16.3 Å². The van der Waals surface area contributed by atoms with Gasteiger partial charge in [0.2, 0.25) is 0 Å². The summed E-state index contributed by atoms with van der Waals surface area (Å²) in [5, 5.41) is 9.87. The van der Waals surface area contributed by atoms with E-state index >= 15 is 0 Å². The Hall–Kier alpha value is -2.05. The van der Waals surface area contributed by atoms with Gasteiger partial charge in [0.1, 0.15) is 11.6 Å². The fourth-order valence-corrected chi connectivity index (χ4v) is 3.86. The second-order valence-electron chi connectivity index (χ2n) is 6.16. The molecule has 0 spiro atoms. The molecular weight excluding hydrogens is 385 g/mol. The van der Waals surface area contributed by atoms with Crippen LogP contribution in [-0.2, 0) is 12.3 Å². The zero-order valence-electron chi connectivity index (χ0n) is 15.4. The molecule has 4 nitrogen and oxygen atoms in total. The lowest BCUT2D eigenvalue weighted by Crippen LogP contribution is -2.12. The highest BCUT2D eigenvalue weighted by Crippen LogP contribution is 2.31. The Balaban J connectivity index is 1.76. The maximum Gasteiger partial charge on any atom is 0.191 e. The summed E-state index contributed by atoms with van der Waals surface area (Å²) in [5.41, 5.74) is 1.71. The van der Waals surface area contributed by atoms with Crippen LogP contribution in [0.3, 0.4) is 0 Å². The van der Waals surface area contributed by atoms with Crippen LogP contribution in [0.25, 0.3) is 0 Å². The molecule has 1 atom stereocenters. The second-order valence-corrected chi connectivity index (χ2v) is 7.51. The average molecular weight is 406 g/mol. The molecule has 0 amide bonds. The van der Waals surface area contributed by atoms with Crippen LogP contribution in [0.1, 0.15) is 36.9 Å². The maximum atomic E-state index is 13.8. The number of hydrogen-bond donors (Lipinski definition) is 0. The molecule has 0 aliphatic heterocycles. The minimum Gasteiger partial charge on any atom is -0.481 e. The molecule has 142 valence electrons. The van der Waals surface area contributed by atoms with E-state index < -0.39 is 0 Å². The quantitative estimate of drug-likeness (QED) is 0.463. The molecule has 7 heteroatoms. The molecule has 1 aromatic heterocycles. The lowest BCUT2D eigenvalue weighted by atomic mass is 10.2. The number of halogens is 2. The maximum absolute atomic E-state index is 13.8. The van der Waals surface area contributed by atoms with Gasteiger partial charge < -0.3 is 9.30 Å². The molecule has 3 rings (SSSR count). The van der Waals surface area contributed by atoms with Gasteiger partial charge in [-0.1, -0.05) is 47.6 Å². The van der Waals surface area contributed by atoms with E-state index in [1.54, 1.807) is 12.1 Å². The van der Waals surface area contributed by atoms with Crippen LogP contribution in [0.2, 0.25) is 5.02 Å². The molecule has 1 unspecified atom stereocenters. The standard InChI is InChI=1S/C20H21ClFN3OS/c1-4-25-19(14(3)26-18-11-13(2)9-10-16(18)21)23-24-20(25)27-12-15-7-5-6-8-17(15)22/h5-11,14H,4,12H2,1-3H3. The van der Waals surface area contributed by atoms with Gasteiger partial charge in [0.05, 0.1) is 5.02 Å². The summed E-state index contributed by atoms with van der Waals surface area (Å²) in [7, 11) is 0. The molecule has 2 aromatic carbocycles. The van der Waals surface area contributed by atoms with E-state index in [0.29, 0.717) is 34.5 Å². The first kappa shape index (κ1) is 19.7. The highest BCUT2D eigenvalue weighted by Gasteiger charge is 2.20. The Morgan fingerprint density at radius 1 is 1.22 bits per heavy atom. The Morgan fingerprint density at radius 2 is 2.00 bits per heavy atom. The second kappa shape index (κ2) is 8.76. The molecule has 0 radical (unpaired) electrons. The third-order valence-electron chi connectivity index (χ3n) is 4.13. The first-order valence-corrected chi connectivity index (χ1v) is 10.1. The van der Waals surface area contributed by atoms with Crippen LogP contribution in [0.4, 0.5) is 4.39 Å². The minimum absolute atomic E-state index is 0.210. The molecular formula is C20H21ClFN3OS. The number of benzene rings is 2. The van der Waals surface area contributed by atoms with E-state index in [2.05, 4.69) is 10.2 Å². The topological polar surface area (TPSA) is 39.9 Å². The van der Waals surface area contributed by atoms with Gasteiger partial charge in [-0.15, -0.1) is 10.2 Å². The monoisotopic (exact) mass is 405 g/mol. The third-order valence-corrected chi connectivity index (χ3v) is 5.46. The number of aromatic nitrogens is 3. The van der Waals surface area contributed by atoms with E-state index in [9.17, 15) is 4.39 Å². The summed E-state index contributed by atoms with van der Waals surface area (Å²) in [6, 6.07) is 12.4. The van der Waals surface area contributed by atoms with E-state index in [-0.39, 0.29) is 11.9 Å². The predicted octanol–water partition coefficient (Wildman–Crippen LogP) is 5.83. The van der Waals surface area contributed by atoms with Crippen LogP contribution < -0.4 is 4.74 Å². The number of aryl methyl sites for hydroxylation is 1. The normalized spacial score (nSPS) is 12.2. The molecule has 0 N–H and O–H groups in total. The average Bonchev–Trinajstić information content (AvgIpc) is 3.07. The molecule has 27 heavy (non-hydrogen) atoms. The lowest BCUT2D eigenvalue weighted by molar-refractivity contribution is 0.210. The number of thioether (sulfide) groups is 1. The van der Waals surface area contributed by atoms with Crippen molar-refractivity contribution < 1.29 is 9.13 Å². The van der Waals surface area contributed by atoms with Crippen molar-refractivity contribution in [1.29, 1.82) is 0 Å².